The molecule has 3 rings (SSSR count). The first-order valence-corrected chi connectivity index (χ1v) is 8.09. The molecule has 2 amide bonds. The maximum Gasteiger partial charge on any atom is 0.320 e. The van der Waals surface area contributed by atoms with Crippen molar-refractivity contribution in [1.29, 1.82) is 0 Å². The van der Waals surface area contributed by atoms with Gasteiger partial charge in [-0.25, -0.2) is 4.79 Å². The van der Waals surface area contributed by atoms with Gasteiger partial charge in [0, 0.05) is 45.8 Å². The van der Waals surface area contributed by atoms with Crippen LogP contribution in [0, 0.1) is 5.92 Å². The highest BCUT2D eigenvalue weighted by molar-refractivity contribution is 5.74. The summed E-state index contributed by atoms with van der Waals surface area (Å²) in [4.78, 5) is 19.2. The number of carbonyl (C=O) groups excluding carboxylic acids is 1. The van der Waals surface area contributed by atoms with E-state index >= 15 is 0 Å². The van der Waals surface area contributed by atoms with Gasteiger partial charge in [-0.15, -0.1) is 0 Å². The predicted molar refractivity (Wildman–Crippen MR) is 76.2 cm³/mol. The van der Waals surface area contributed by atoms with E-state index in [1.165, 1.54) is 45.1 Å². The molecule has 0 aromatic rings. The molecule has 2 aliphatic heterocycles. The van der Waals surface area contributed by atoms with Gasteiger partial charge in [0.05, 0.1) is 0 Å². The number of piperazine rings is 1. The quantitative estimate of drug-likeness (QED) is 0.763. The van der Waals surface area contributed by atoms with Crippen molar-refractivity contribution < 1.29 is 4.79 Å². The fourth-order valence-corrected chi connectivity index (χ4v) is 3.25. The second-order valence-electron chi connectivity index (χ2n) is 6.41. The second kappa shape index (κ2) is 6.12. The molecule has 0 aromatic heterocycles. The van der Waals surface area contributed by atoms with E-state index in [9.17, 15) is 4.79 Å². The summed E-state index contributed by atoms with van der Waals surface area (Å²) in [6.45, 7) is 7.24. The summed E-state index contributed by atoms with van der Waals surface area (Å²) in [6.07, 6.45) is 7.80. The maximum absolute atomic E-state index is 12.5. The summed E-state index contributed by atoms with van der Waals surface area (Å²) in [5.41, 5.74) is 0. The van der Waals surface area contributed by atoms with Gasteiger partial charge in [0.25, 0.3) is 0 Å². The van der Waals surface area contributed by atoms with Gasteiger partial charge in [-0.05, 0) is 31.6 Å². The molecule has 0 bridgehead atoms. The Bertz CT molecular complexity index is 301. The number of amides is 2. The van der Waals surface area contributed by atoms with Crippen LogP contribution in [0.1, 0.15) is 38.5 Å². The zero-order valence-electron chi connectivity index (χ0n) is 12.0. The molecule has 3 aliphatic rings. The molecule has 19 heavy (non-hydrogen) atoms. The van der Waals surface area contributed by atoms with Crippen LogP contribution in [0.25, 0.3) is 0 Å². The highest BCUT2D eigenvalue weighted by atomic mass is 16.2. The van der Waals surface area contributed by atoms with Crippen molar-refractivity contribution in [3.63, 3.8) is 0 Å². The number of likely N-dealkylation sites (tertiary alicyclic amines) is 1. The third-order valence-electron chi connectivity index (χ3n) is 4.73. The first kappa shape index (κ1) is 13.2. The lowest BCUT2D eigenvalue weighted by atomic mass is 10.2. The van der Waals surface area contributed by atoms with Crippen molar-refractivity contribution in [3.8, 4) is 0 Å². The Hall–Kier alpha value is -0.770. The van der Waals surface area contributed by atoms with Crippen LogP contribution in [-0.4, -0.2) is 66.5 Å². The summed E-state index contributed by atoms with van der Waals surface area (Å²) in [6, 6.07) is 0.299. The average Bonchev–Trinajstić information content (AvgIpc) is 3.25. The van der Waals surface area contributed by atoms with E-state index in [2.05, 4.69) is 14.7 Å². The molecule has 3 fully saturated rings. The first-order chi connectivity index (χ1) is 9.33. The first-order valence-electron chi connectivity index (χ1n) is 8.09. The molecule has 0 radical (unpaired) electrons. The highest BCUT2D eigenvalue weighted by Crippen LogP contribution is 2.30. The van der Waals surface area contributed by atoms with E-state index in [4.69, 9.17) is 0 Å². The molecule has 2 heterocycles. The monoisotopic (exact) mass is 265 g/mol. The van der Waals surface area contributed by atoms with Crippen molar-refractivity contribution >= 4 is 6.03 Å². The zero-order valence-corrected chi connectivity index (χ0v) is 12.0. The number of nitrogens with zero attached hydrogens (tertiary/aromatic N) is 3. The Morgan fingerprint density at radius 1 is 0.789 bits per heavy atom. The number of hydrogen-bond donors (Lipinski definition) is 0. The van der Waals surface area contributed by atoms with Crippen molar-refractivity contribution in [1.82, 2.24) is 14.7 Å². The van der Waals surface area contributed by atoms with Crippen molar-refractivity contribution in [3.05, 3.63) is 0 Å². The van der Waals surface area contributed by atoms with E-state index < -0.39 is 0 Å². The van der Waals surface area contributed by atoms with Crippen LogP contribution in [0.5, 0.6) is 0 Å². The van der Waals surface area contributed by atoms with Crippen molar-refractivity contribution in [2.24, 2.45) is 5.92 Å². The van der Waals surface area contributed by atoms with E-state index in [1.54, 1.807) is 0 Å². The Kier molecular flexibility index (Phi) is 4.26. The third kappa shape index (κ3) is 3.62. The number of hydrogen-bond acceptors (Lipinski definition) is 2. The summed E-state index contributed by atoms with van der Waals surface area (Å²) in [7, 11) is 0. The standard InChI is InChI=1S/C15H27N3O/c19-15(17-7-3-1-2-4-8-17)18-11-9-16(10-12-18)13-14-5-6-14/h14H,1-13H2. The van der Waals surface area contributed by atoms with Gasteiger partial charge in [-0.1, -0.05) is 12.8 Å². The Morgan fingerprint density at radius 3 is 1.95 bits per heavy atom. The lowest BCUT2D eigenvalue weighted by Crippen LogP contribution is -2.53. The summed E-state index contributed by atoms with van der Waals surface area (Å²) < 4.78 is 0. The van der Waals surface area contributed by atoms with Crippen molar-refractivity contribution in [2.75, 3.05) is 45.8 Å². The highest BCUT2D eigenvalue weighted by Gasteiger charge is 2.29. The van der Waals surface area contributed by atoms with Crippen LogP contribution in [-0.2, 0) is 0 Å². The summed E-state index contributed by atoms with van der Waals surface area (Å²) in [5.74, 6) is 0.966. The molecular formula is C15H27N3O. The fourth-order valence-electron chi connectivity index (χ4n) is 3.25. The van der Waals surface area contributed by atoms with Gasteiger partial charge in [0.2, 0.25) is 0 Å². The minimum atomic E-state index is 0.299. The molecule has 1 aliphatic carbocycles. The average molecular weight is 265 g/mol. The van der Waals surface area contributed by atoms with Crippen LogP contribution in [0.4, 0.5) is 4.79 Å². The van der Waals surface area contributed by atoms with Gasteiger partial charge in [0.15, 0.2) is 0 Å². The van der Waals surface area contributed by atoms with E-state index in [-0.39, 0.29) is 0 Å². The Balaban J connectivity index is 1.45. The smallest absolute Gasteiger partial charge is 0.320 e. The molecule has 4 heteroatoms. The van der Waals surface area contributed by atoms with E-state index in [0.717, 1.165) is 45.2 Å². The van der Waals surface area contributed by atoms with Crippen LogP contribution in [0.15, 0.2) is 0 Å². The van der Waals surface area contributed by atoms with Gasteiger partial charge >= 0.3 is 6.03 Å². The molecule has 108 valence electrons. The van der Waals surface area contributed by atoms with E-state index in [0.29, 0.717) is 6.03 Å². The molecule has 0 unspecified atom stereocenters. The van der Waals surface area contributed by atoms with E-state index in [1.807, 2.05) is 0 Å². The zero-order chi connectivity index (χ0) is 13.1. The number of carbonyl (C=O) groups is 1. The third-order valence-corrected chi connectivity index (χ3v) is 4.73. The Labute approximate surface area is 116 Å². The van der Waals surface area contributed by atoms with Gasteiger partial charge in [-0.2, -0.15) is 0 Å². The summed E-state index contributed by atoms with van der Waals surface area (Å²) in [5, 5.41) is 0. The van der Waals surface area contributed by atoms with Crippen LogP contribution < -0.4 is 0 Å². The molecule has 0 atom stereocenters. The van der Waals surface area contributed by atoms with Gasteiger partial charge in [0.1, 0.15) is 0 Å². The molecule has 1 saturated carbocycles. The van der Waals surface area contributed by atoms with Crippen LogP contribution >= 0.6 is 0 Å². The van der Waals surface area contributed by atoms with Crippen LogP contribution in [0.3, 0.4) is 0 Å². The molecular weight excluding hydrogens is 238 g/mol. The second-order valence-corrected chi connectivity index (χ2v) is 6.41. The lowest BCUT2D eigenvalue weighted by molar-refractivity contribution is 0.111. The molecule has 0 spiro atoms. The fraction of sp³-hybridized carbons (Fsp3) is 0.933. The molecule has 0 aromatic carbocycles. The number of urea groups is 1. The normalized spacial score (nSPS) is 26.3. The van der Waals surface area contributed by atoms with Crippen molar-refractivity contribution in [2.45, 2.75) is 38.5 Å². The largest absolute Gasteiger partial charge is 0.325 e. The predicted octanol–water partition coefficient (Wildman–Crippen LogP) is 2.01. The summed E-state index contributed by atoms with van der Waals surface area (Å²) >= 11 is 0. The topological polar surface area (TPSA) is 26.8 Å². The molecule has 2 saturated heterocycles. The van der Waals surface area contributed by atoms with Gasteiger partial charge < -0.3 is 9.80 Å². The molecule has 0 N–H and O–H groups in total. The minimum Gasteiger partial charge on any atom is -0.325 e. The maximum atomic E-state index is 12.5. The van der Waals surface area contributed by atoms with Crippen LogP contribution in [0.2, 0.25) is 0 Å². The Morgan fingerprint density at radius 2 is 1.37 bits per heavy atom. The van der Waals surface area contributed by atoms with Gasteiger partial charge in [-0.3, -0.25) is 4.90 Å². The molecule has 4 nitrogen and oxygen atoms in total. The number of rotatable bonds is 2. The SMILES string of the molecule is O=C(N1CCCCCC1)N1CCN(CC2CC2)CC1. The lowest BCUT2D eigenvalue weighted by Gasteiger charge is -2.37. The minimum absolute atomic E-state index is 0.299.